The first-order valence-corrected chi connectivity index (χ1v) is 16.1. The number of phenolic OH excluding ortho intramolecular Hbond substituents is 1. The van der Waals surface area contributed by atoms with Crippen LogP contribution in [0.5, 0.6) is 23.0 Å². The largest absolute Gasteiger partial charge is 0.507 e. The molecule has 0 unspecified atom stereocenters. The number of likely N-dealkylation sites (tertiary alicyclic amines) is 1. The zero-order chi connectivity index (χ0) is 25.8. The normalized spacial score (nSPS) is 16.7. The fourth-order valence-electron chi connectivity index (χ4n) is 5.38. The molecular weight excluding hydrogens is 542 g/mol. The van der Waals surface area contributed by atoms with Crippen LogP contribution in [0.4, 0.5) is 0 Å². The maximum Gasteiger partial charge on any atom is 0.178 e. The molecule has 1 saturated heterocycles. The third-order valence-corrected chi connectivity index (χ3v) is 10.6. The van der Waals surface area contributed by atoms with Crippen LogP contribution >= 0.6 is 23.7 Å². The van der Waals surface area contributed by atoms with Crippen molar-refractivity contribution >= 4 is 43.7 Å². The van der Waals surface area contributed by atoms with Gasteiger partial charge in [-0.1, -0.05) is 26.2 Å². The molecular formula is C29H38ClNO5S2. The fourth-order valence-corrected chi connectivity index (χ4v) is 8.31. The summed E-state index contributed by atoms with van der Waals surface area (Å²) in [6.07, 6.45) is 8.46. The molecule has 0 amide bonds. The number of benzene rings is 2. The van der Waals surface area contributed by atoms with E-state index < -0.39 is 9.84 Å². The molecule has 1 aromatic heterocycles. The van der Waals surface area contributed by atoms with E-state index in [9.17, 15) is 13.5 Å². The van der Waals surface area contributed by atoms with Gasteiger partial charge >= 0.3 is 0 Å². The summed E-state index contributed by atoms with van der Waals surface area (Å²) in [7, 11) is -3.45. The number of rotatable bonds is 11. The third kappa shape index (κ3) is 6.58. The van der Waals surface area contributed by atoms with Gasteiger partial charge in [0.25, 0.3) is 0 Å². The Kier molecular flexibility index (Phi) is 9.84. The average Bonchev–Trinajstić information content (AvgIpc) is 3.66. The SMILES string of the molecule is CCCCS(=O)(=O)c1cc(O)c2c(Oc3ccc(OCCN4CCCC4)cc3)c(C3CCCC3)sc2c1.Cl. The maximum absolute atomic E-state index is 12.9. The number of ether oxygens (including phenoxy) is 2. The second kappa shape index (κ2) is 12.9. The minimum Gasteiger partial charge on any atom is -0.507 e. The second-order valence-corrected chi connectivity index (χ2v) is 13.4. The molecule has 1 aliphatic carbocycles. The van der Waals surface area contributed by atoms with Gasteiger partial charge in [-0.3, -0.25) is 4.90 Å². The zero-order valence-corrected chi connectivity index (χ0v) is 24.4. The van der Waals surface area contributed by atoms with E-state index in [-0.39, 0.29) is 28.8 Å². The molecule has 3 aromatic rings. The van der Waals surface area contributed by atoms with Crippen molar-refractivity contribution < 1.29 is 23.0 Å². The number of unbranched alkanes of at least 4 members (excludes halogenated alkanes) is 1. The summed E-state index contributed by atoms with van der Waals surface area (Å²) in [4.78, 5) is 3.71. The van der Waals surface area contributed by atoms with E-state index in [2.05, 4.69) is 4.90 Å². The standard InChI is InChI=1S/C29H37NO5S2.ClH/c1-2-3-18-37(32,33)24-19-25(31)27-26(20-24)36-29(21-8-4-5-9-21)28(27)35-23-12-10-22(11-13-23)34-17-16-30-14-6-7-15-30;/h10-13,19-21,31H,2-9,14-18H2,1H3;1H. The number of fused-ring (bicyclic) bond motifs is 1. The predicted octanol–water partition coefficient (Wildman–Crippen LogP) is 7.53. The van der Waals surface area contributed by atoms with Crippen molar-refractivity contribution in [2.75, 3.05) is 32.0 Å². The number of hydrogen-bond acceptors (Lipinski definition) is 7. The lowest BCUT2D eigenvalue weighted by Gasteiger charge is -2.15. The smallest absolute Gasteiger partial charge is 0.178 e. The van der Waals surface area contributed by atoms with Crippen LogP contribution in [0.25, 0.3) is 10.1 Å². The zero-order valence-electron chi connectivity index (χ0n) is 22.0. The molecule has 0 radical (unpaired) electrons. The highest BCUT2D eigenvalue weighted by atomic mass is 35.5. The van der Waals surface area contributed by atoms with Gasteiger partial charge in [0.2, 0.25) is 0 Å². The Labute approximate surface area is 236 Å². The molecule has 5 rings (SSSR count). The van der Waals surface area contributed by atoms with Crippen molar-refractivity contribution in [2.24, 2.45) is 0 Å². The van der Waals surface area contributed by atoms with Crippen molar-refractivity contribution in [1.29, 1.82) is 0 Å². The average molecular weight is 580 g/mol. The lowest BCUT2D eigenvalue weighted by atomic mass is 10.0. The van der Waals surface area contributed by atoms with E-state index in [1.807, 2.05) is 31.2 Å². The summed E-state index contributed by atoms with van der Waals surface area (Å²) in [6, 6.07) is 10.7. The van der Waals surface area contributed by atoms with E-state index in [1.165, 1.54) is 31.7 Å². The monoisotopic (exact) mass is 579 g/mol. The Morgan fingerprint density at radius 2 is 1.71 bits per heavy atom. The minimum absolute atomic E-state index is 0. The van der Waals surface area contributed by atoms with E-state index in [0.29, 0.717) is 35.8 Å². The summed E-state index contributed by atoms with van der Waals surface area (Å²) in [5.41, 5.74) is 0. The maximum atomic E-state index is 12.9. The van der Waals surface area contributed by atoms with Gasteiger partial charge < -0.3 is 14.6 Å². The first kappa shape index (κ1) is 29.0. The van der Waals surface area contributed by atoms with Crippen molar-refractivity contribution in [3.63, 3.8) is 0 Å². The first-order valence-electron chi connectivity index (χ1n) is 13.6. The second-order valence-electron chi connectivity index (χ2n) is 10.2. The van der Waals surface area contributed by atoms with Gasteiger partial charge in [0, 0.05) is 11.2 Å². The van der Waals surface area contributed by atoms with Crippen molar-refractivity contribution in [2.45, 2.75) is 69.1 Å². The molecule has 0 bridgehead atoms. The molecule has 1 saturated carbocycles. The lowest BCUT2D eigenvalue weighted by molar-refractivity contribution is 0.237. The Morgan fingerprint density at radius 1 is 1.03 bits per heavy atom. The van der Waals surface area contributed by atoms with Crippen molar-refractivity contribution in [3.05, 3.63) is 41.3 Å². The van der Waals surface area contributed by atoms with Gasteiger partial charge in [0.05, 0.1) is 20.9 Å². The summed E-state index contributed by atoms with van der Waals surface area (Å²) < 4.78 is 38.8. The van der Waals surface area contributed by atoms with Gasteiger partial charge in [0.15, 0.2) is 15.6 Å². The number of sulfone groups is 1. The molecule has 2 aromatic carbocycles. The fraction of sp³-hybridized carbons (Fsp3) is 0.517. The number of thiophene rings is 1. The summed E-state index contributed by atoms with van der Waals surface area (Å²) >= 11 is 1.56. The molecule has 2 aliphatic rings. The predicted molar refractivity (Wildman–Crippen MR) is 157 cm³/mol. The van der Waals surface area contributed by atoms with Gasteiger partial charge in [0.1, 0.15) is 23.9 Å². The van der Waals surface area contributed by atoms with Gasteiger partial charge in [-0.25, -0.2) is 8.42 Å². The van der Waals surface area contributed by atoms with E-state index in [0.717, 1.165) is 54.2 Å². The van der Waals surface area contributed by atoms with E-state index in [4.69, 9.17) is 9.47 Å². The van der Waals surface area contributed by atoms with Crippen LogP contribution in [0.2, 0.25) is 0 Å². The Bertz CT molecular complexity index is 1310. The number of phenols is 1. The van der Waals surface area contributed by atoms with Gasteiger partial charge in [-0.05, 0) is 87.5 Å². The molecule has 6 nitrogen and oxygen atoms in total. The quantitative estimate of drug-likeness (QED) is 0.253. The molecule has 208 valence electrons. The van der Waals surface area contributed by atoms with Gasteiger partial charge in [-0.2, -0.15) is 0 Å². The molecule has 0 spiro atoms. The summed E-state index contributed by atoms with van der Waals surface area (Å²) in [5, 5.41) is 11.6. The van der Waals surface area contributed by atoms with E-state index >= 15 is 0 Å². The van der Waals surface area contributed by atoms with Crippen LogP contribution < -0.4 is 9.47 Å². The number of nitrogens with zero attached hydrogens (tertiary/aromatic N) is 1. The van der Waals surface area contributed by atoms with E-state index in [1.54, 1.807) is 17.4 Å². The number of halogens is 1. The molecule has 0 atom stereocenters. The van der Waals surface area contributed by atoms with Crippen LogP contribution in [0.1, 0.15) is 69.1 Å². The minimum atomic E-state index is -3.45. The molecule has 1 N–H and O–H groups in total. The van der Waals surface area contributed by atoms with Crippen molar-refractivity contribution in [3.8, 4) is 23.0 Å². The molecule has 2 fully saturated rings. The van der Waals surface area contributed by atoms with Crippen LogP contribution in [-0.4, -0.2) is 50.4 Å². The van der Waals surface area contributed by atoms with Crippen LogP contribution in [0, 0.1) is 0 Å². The highest BCUT2D eigenvalue weighted by molar-refractivity contribution is 7.91. The first-order chi connectivity index (χ1) is 17.9. The Balaban J connectivity index is 0.00000336. The topological polar surface area (TPSA) is 76.1 Å². The highest BCUT2D eigenvalue weighted by Crippen LogP contribution is 2.51. The summed E-state index contributed by atoms with van der Waals surface area (Å²) in [5.74, 6) is 2.55. The van der Waals surface area contributed by atoms with Crippen molar-refractivity contribution in [1.82, 2.24) is 4.90 Å². The lowest BCUT2D eigenvalue weighted by Crippen LogP contribution is -2.25. The Morgan fingerprint density at radius 3 is 2.39 bits per heavy atom. The molecule has 38 heavy (non-hydrogen) atoms. The van der Waals surface area contributed by atoms with Crippen LogP contribution in [-0.2, 0) is 9.84 Å². The van der Waals surface area contributed by atoms with Gasteiger partial charge in [-0.15, -0.1) is 23.7 Å². The Hall–Kier alpha value is -2.00. The third-order valence-electron chi connectivity index (χ3n) is 7.50. The van der Waals surface area contributed by atoms with Crippen LogP contribution in [0.3, 0.4) is 0 Å². The summed E-state index contributed by atoms with van der Waals surface area (Å²) in [6.45, 7) is 5.90. The highest BCUT2D eigenvalue weighted by Gasteiger charge is 2.28. The number of hydrogen-bond donors (Lipinski definition) is 1. The molecule has 1 aliphatic heterocycles. The molecule has 9 heteroatoms. The van der Waals surface area contributed by atoms with Crippen LogP contribution in [0.15, 0.2) is 41.3 Å². The molecule has 2 heterocycles. The number of aromatic hydroxyl groups is 1.